The second-order valence-electron chi connectivity index (χ2n) is 6.29. The predicted molar refractivity (Wildman–Crippen MR) is 98.9 cm³/mol. The molecular formula is C18H27BrN2O3. The van der Waals surface area contributed by atoms with E-state index in [-0.39, 0.29) is 12.6 Å². The van der Waals surface area contributed by atoms with Crippen LogP contribution in [0.2, 0.25) is 0 Å². The summed E-state index contributed by atoms with van der Waals surface area (Å²) in [7, 11) is 0. The molecule has 0 aliphatic carbocycles. The molecular weight excluding hydrogens is 372 g/mol. The molecule has 6 heteroatoms. The molecule has 0 unspecified atom stereocenters. The number of nitrogens with two attached hydrogens (primary N) is 1. The molecule has 0 spiro atoms. The molecule has 1 saturated heterocycles. The van der Waals surface area contributed by atoms with Crippen molar-refractivity contribution in [3.8, 4) is 0 Å². The van der Waals surface area contributed by atoms with Gasteiger partial charge in [-0.25, -0.2) is 4.79 Å². The van der Waals surface area contributed by atoms with Gasteiger partial charge >= 0.3 is 5.97 Å². The van der Waals surface area contributed by atoms with E-state index in [1.165, 1.54) is 19.3 Å². The number of unbranched alkanes of at least 4 members (excludes halogenated alkanes) is 2. The molecule has 0 amide bonds. The number of nitrogens with zero attached hydrogens (tertiary/aromatic N) is 1. The fourth-order valence-electron chi connectivity index (χ4n) is 2.92. The highest BCUT2D eigenvalue weighted by molar-refractivity contribution is 9.10. The monoisotopic (exact) mass is 398 g/mol. The van der Waals surface area contributed by atoms with E-state index >= 15 is 0 Å². The molecule has 0 aromatic heterocycles. The van der Waals surface area contributed by atoms with Gasteiger partial charge in [-0.3, -0.25) is 4.90 Å². The maximum Gasteiger partial charge on any atom is 0.338 e. The van der Waals surface area contributed by atoms with Crippen molar-refractivity contribution in [3.63, 3.8) is 0 Å². The van der Waals surface area contributed by atoms with E-state index in [1.54, 1.807) is 6.07 Å². The first-order chi connectivity index (χ1) is 11.6. The Labute approximate surface area is 152 Å². The van der Waals surface area contributed by atoms with E-state index < -0.39 is 0 Å². The number of benzene rings is 1. The third-order valence-corrected chi connectivity index (χ3v) is 4.99. The first kappa shape index (κ1) is 19.2. The summed E-state index contributed by atoms with van der Waals surface area (Å²) >= 11 is 3.45. The van der Waals surface area contributed by atoms with Crippen LogP contribution in [0.25, 0.3) is 0 Å². The van der Waals surface area contributed by atoms with Crippen LogP contribution in [-0.4, -0.2) is 42.3 Å². The van der Waals surface area contributed by atoms with Crippen LogP contribution in [0.15, 0.2) is 16.6 Å². The average Bonchev–Trinajstić information content (AvgIpc) is 2.59. The summed E-state index contributed by atoms with van der Waals surface area (Å²) in [5, 5.41) is 8.75. The van der Waals surface area contributed by atoms with Gasteiger partial charge < -0.3 is 15.6 Å². The Balaban J connectivity index is 1.98. The zero-order valence-electron chi connectivity index (χ0n) is 14.1. The summed E-state index contributed by atoms with van der Waals surface area (Å²) in [5.74, 6) is -0.320. The molecule has 1 heterocycles. The number of rotatable bonds is 8. The zero-order chi connectivity index (χ0) is 17.4. The van der Waals surface area contributed by atoms with Crippen LogP contribution in [-0.2, 0) is 11.3 Å². The number of aliphatic hydroxyl groups excluding tert-OH is 1. The number of ether oxygens (including phenoxy) is 1. The van der Waals surface area contributed by atoms with Gasteiger partial charge in [-0.15, -0.1) is 0 Å². The van der Waals surface area contributed by atoms with E-state index in [4.69, 9.17) is 15.6 Å². The maximum atomic E-state index is 12.2. The number of halogens is 1. The van der Waals surface area contributed by atoms with Crippen LogP contribution in [0, 0.1) is 0 Å². The van der Waals surface area contributed by atoms with Crippen molar-refractivity contribution >= 4 is 27.6 Å². The third kappa shape index (κ3) is 5.76. The molecule has 0 saturated carbocycles. The van der Waals surface area contributed by atoms with E-state index in [9.17, 15) is 4.79 Å². The predicted octanol–water partition coefficient (Wildman–Crippen LogP) is 3.34. The molecule has 0 radical (unpaired) electrons. The number of aliphatic hydroxyl groups is 1. The van der Waals surface area contributed by atoms with Crippen LogP contribution in [0.5, 0.6) is 0 Å². The molecule has 2 rings (SSSR count). The first-order valence-electron chi connectivity index (χ1n) is 8.70. The van der Waals surface area contributed by atoms with Crippen LogP contribution in [0.3, 0.4) is 0 Å². The summed E-state index contributed by atoms with van der Waals surface area (Å²) in [6, 6.07) is 3.58. The van der Waals surface area contributed by atoms with Crippen molar-refractivity contribution in [1.29, 1.82) is 0 Å². The van der Waals surface area contributed by atoms with Crippen LogP contribution in [0.1, 0.15) is 54.4 Å². The number of carbonyl (C=O) groups excluding carboxylic acids is 1. The number of nitrogen functional groups attached to an aromatic ring is 1. The van der Waals surface area contributed by atoms with Gasteiger partial charge in [0.05, 0.1) is 17.9 Å². The lowest BCUT2D eigenvalue weighted by atomic mass is 10.1. The molecule has 1 aromatic rings. The van der Waals surface area contributed by atoms with Crippen molar-refractivity contribution in [1.82, 2.24) is 4.90 Å². The van der Waals surface area contributed by atoms with Crippen molar-refractivity contribution < 1.29 is 14.6 Å². The minimum absolute atomic E-state index is 0.179. The number of likely N-dealkylation sites (tertiary alicyclic amines) is 1. The number of carbonyl (C=O) groups is 1. The van der Waals surface area contributed by atoms with Gasteiger partial charge in [0.15, 0.2) is 0 Å². The fraction of sp³-hybridized carbons (Fsp3) is 0.611. The molecule has 1 aromatic carbocycles. The third-order valence-electron chi connectivity index (χ3n) is 4.33. The van der Waals surface area contributed by atoms with Gasteiger partial charge in [0.25, 0.3) is 0 Å². The Morgan fingerprint density at radius 3 is 2.67 bits per heavy atom. The van der Waals surface area contributed by atoms with E-state index in [1.807, 2.05) is 6.07 Å². The number of anilines is 1. The smallest absolute Gasteiger partial charge is 0.338 e. The van der Waals surface area contributed by atoms with Crippen molar-refractivity contribution in [2.24, 2.45) is 0 Å². The van der Waals surface area contributed by atoms with Gasteiger partial charge in [-0.05, 0) is 78.8 Å². The van der Waals surface area contributed by atoms with Gasteiger partial charge in [-0.2, -0.15) is 0 Å². The van der Waals surface area contributed by atoms with Crippen molar-refractivity contribution in [3.05, 3.63) is 27.7 Å². The Morgan fingerprint density at radius 2 is 1.96 bits per heavy atom. The highest BCUT2D eigenvalue weighted by atomic mass is 79.9. The highest BCUT2D eigenvalue weighted by Gasteiger charge is 2.16. The highest BCUT2D eigenvalue weighted by Crippen LogP contribution is 2.28. The molecule has 0 atom stereocenters. The van der Waals surface area contributed by atoms with Gasteiger partial charge in [0.2, 0.25) is 0 Å². The molecule has 3 N–H and O–H groups in total. The summed E-state index contributed by atoms with van der Waals surface area (Å²) in [4.78, 5) is 14.6. The molecule has 5 nitrogen and oxygen atoms in total. The topological polar surface area (TPSA) is 75.8 Å². The lowest BCUT2D eigenvalue weighted by Gasteiger charge is -2.27. The minimum atomic E-state index is -0.320. The minimum Gasteiger partial charge on any atom is -0.462 e. The molecule has 1 aliphatic heterocycles. The number of esters is 1. The lowest BCUT2D eigenvalue weighted by Crippen LogP contribution is -2.29. The van der Waals surface area contributed by atoms with E-state index in [0.717, 1.165) is 48.9 Å². The second-order valence-corrected chi connectivity index (χ2v) is 7.14. The van der Waals surface area contributed by atoms with Crippen molar-refractivity contribution in [2.75, 3.05) is 32.0 Å². The maximum absolute atomic E-state index is 12.2. The van der Waals surface area contributed by atoms with Gasteiger partial charge in [0.1, 0.15) is 0 Å². The summed E-state index contributed by atoms with van der Waals surface area (Å²) in [6.07, 6.45) is 6.09. The Bertz CT molecular complexity index is 545. The standard InChI is InChI=1S/C18H27BrN2O3/c19-16-12-14(18(23)24-10-6-2-5-9-22)11-15(17(16)20)13-21-7-3-1-4-8-21/h11-12,22H,1-10,13,20H2. The molecule has 1 aliphatic rings. The summed E-state index contributed by atoms with van der Waals surface area (Å²) in [5.41, 5.74) is 8.37. The summed E-state index contributed by atoms with van der Waals surface area (Å²) in [6.45, 7) is 3.48. The largest absolute Gasteiger partial charge is 0.462 e. The average molecular weight is 399 g/mol. The van der Waals surface area contributed by atoms with Crippen molar-refractivity contribution in [2.45, 2.75) is 45.1 Å². The Kier molecular flexibility index (Phi) is 8.02. The van der Waals surface area contributed by atoms with E-state index in [0.29, 0.717) is 17.9 Å². The molecule has 134 valence electrons. The van der Waals surface area contributed by atoms with Gasteiger partial charge in [0, 0.05) is 17.6 Å². The molecule has 1 fully saturated rings. The normalized spacial score (nSPS) is 15.4. The lowest BCUT2D eigenvalue weighted by molar-refractivity contribution is 0.0496. The Hall–Kier alpha value is -1.11. The fourth-order valence-corrected chi connectivity index (χ4v) is 3.42. The number of piperidine rings is 1. The molecule has 0 bridgehead atoms. The van der Waals surface area contributed by atoms with E-state index in [2.05, 4.69) is 20.8 Å². The zero-order valence-corrected chi connectivity index (χ0v) is 15.7. The van der Waals surface area contributed by atoms with Crippen LogP contribution in [0.4, 0.5) is 5.69 Å². The quantitative estimate of drug-likeness (QED) is 0.398. The number of hydrogen-bond donors (Lipinski definition) is 2. The van der Waals surface area contributed by atoms with Crippen LogP contribution < -0.4 is 5.73 Å². The van der Waals surface area contributed by atoms with Crippen LogP contribution >= 0.6 is 15.9 Å². The summed E-state index contributed by atoms with van der Waals surface area (Å²) < 4.78 is 6.06. The van der Waals surface area contributed by atoms with Gasteiger partial charge in [-0.1, -0.05) is 6.42 Å². The Morgan fingerprint density at radius 1 is 1.21 bits per heavy atom. The SMILES string of the molecule is Nc1c(Br)cc(C(=O)OCCCCCO)cc1CN1CCCCC1. The first-order valence-corrected chi connectivity index (χ1v) is 9.49. The second kappa shape index (κ2) is 10.0. The molecule has 24 heavy (non-hydrogen) atoms. The number of hydrogen-bond acceptors (Lipinski definition) is 5.